The summed E-state index contributed by atoms with van der Waals surface area (Å²) in [7, 11) is 0. The summed E-state index contributed by atoms with van der Waals surface area (Å²) in [5, 5.41) is 12.7. The van der Waals surface area contributed by atoms with Gasteiger partial charge in [0.2, 0.25) is 11.9 Å². The van der Waals surface area contributed by atoms with Gasteiger partial charge in [-0.25, -0.2) is 9.97 Å². The first kappa shape index (κ1) is 20.0. The standard InChI is InChI=1S/C20H21ClN8O/c1-15-24-26-29(25-15)14-17-13-18(21)5-3-16(17)4-6-19(30)27-9-11-28(12-10-27)20-22-7-2-8-23-20/h2-8,13H,9-12,14H2,1H3. The lowest BCUT2D eigenvalue weighted by Gasteiger charge is -2.34. The minimum absolute atomic E-state index is 0.0285. The number of tetrazole rings is 1. The van der Waals surface area contributed by atoms with E-state index in [4.69, 9.17) is 11.6 Å². The van der Waals surface area contributed by atoms with Crippen LogP contribution in [0.15, 0.2) is 42.7 Å². The Morgan fingerprint density at radius 2 is 1.93 bits per heavy atom. The molecular formula is C20H21ClN8O. The Kier molecular flexibility index (Phi) is 5.99. The molecule has 10 heteroatoms. The molecule has 1 aliphatic heterocycles. The predicted octanol–water partition coefficient (Wildman–Crippen LogP) is 1.84. The van der Waals surface area contributed by atoms with Crippen molar-refractivity contribution >= 4 is 29.5 Å². The van der Waals surface area contributed by atoms with E-state index in [1.165, 1.54) is 4.80 Å². The lowest BCUT2D eigenvalue weighted by atomic mass is 10.1. The predicted molar refractivity (Wildman–Crippen MR) is 113 cm³/mol. The number of rotatable bonds is 5. The highest BCUT2D eigenvalue weighted by atomic mass is 35.5. The van der Waals surface area contributed by atoms with Crippen molar-refractivity contribution in [2.75, 3.05) is 31.1 Å². The Labute approximate surface area is 179 Å². The first-order valence-corrected chi connectivity index (χ1v) is 9.98. The maximum Gasteiger partial charge on any atom is 0.246 e. The molecule has 0 unspecified atom stereocenters. The third kappa shape index (κ3) is 4.80. The Balaban J connectivity index is 1.41. The molecule has 1 amide bonds. The van der Waals surface area contributed by atoms with Gasteiger partial charge in [0, 0.05) is 49.7 Å². The van der Waals surface area contributed by atoms with Crippen molar-refractivity contribution in [3.05, 3.63) is 64.7 Å². The van der Waals surface area contributed by atoms with E-state index in [2.05, 4.69) is 30.3 Å². The van der Waals surface area contributed by atoms with E-state index in [9.17, 15) is 4.79 Å². The van der Waals surface area contributed by atoms with Gasteiger partial charge in [0.15, 0.2) is 5.82 Å². The molecule has 0 bridgehead atoms. The van der Waals surface area contributed by atoms with E-state index < -0.39 is 0 Å². The summed E-state index contributed by atoms with van der Waals surface area (Å²) in [5.41, 5.74) is 1.80. The largest absolute Gasteiger partial charge is 0.337 e. The summed E-state index contributed by atoms with van der Waals surface area (Å²) < 4.78 is 0. The SMILES string of the molecule is Cc1nnn(Cc2cc(Cl)ccc2C=CC(=O)N2CCN(c3ncccn3)CC2)n1. The summed E-state index contributed by atoms with van der Waals surface area (Å²) >= 11 is 6.16. The zero-order chi connectivity index (χ0) is 20.9. The van der Waals surface area contributed by atoms with Crippen LogP contribution in [-0.2, 0) is 11.3 Å². The van der Waals surface area contributed by atoms with Crippen molar-refractivity contribution in [2.45, 2.75) is 13.5 Å². The van der Waals surface area contributed by atoms with Gasteiger partial charge in [-0.15, -0.1) is 10.2 Å². The normalized spacial score (nSPS) is 14.5. The molecule has 1 aliphatic rings. The molecular weight excluding hydrogens is 404 g/mol. The Hall–Kier alpha value is -3.33. The zero-order valence-corrected chi connectivity index (χ0v) is 17.3. The molecule has 4 rings (SSSR count). The van der Waals surface area contributed by atoms with Crippen LogP contribution in [0.25, 0.3) is 6.08 Å². The number of carbonyl (C=O) groups excluding carboxylic acids is 1. The maximum absolute atomic E-state index is 12.7. The van der Waals surface area contributed by atoms with Gasteiger partial charge in [0.1, 0.15) is 0 Å². The van der Waals surface area contributed by atoms with Gasteiger partial charge in [-0.05, 0) is 47.5 Å². The Morgan fingerprint density at radius 1 is 1.17 bits per heavy atom. The van der Waals surface area contributed by atoms with Crippen LogP contribution in [0.3, 0.4) is 0 Å². The second kappa shape index (κ2) is 9.00. The number of piperazine rings is 1. The van der Waals surface area contributed by atoms with E-state index in [0.29, 0.717) is 49.5 Å². The van der Waals surface area contributed by atoms with Crippen LogP contribution < -0.4 is 4.90 Å². The number of halogens is 1. The Morgan fingerprint density at radius 3 is 2.63 bits per heavy atom. The van der Waals surface area contributed by atoms with Crippen LogP contribution in [-0.4, -0.2) is 67.2 Å². The second-order valence-electron chi connectivity index (χ2n) is 6.90. The average Bonchev–Trinajstić information content (AvgIpc) is 3.18. The first-order chi connectivity index (χ1) is 14.6. The van der Waals surface area contributed by atoms with E-state index in [0.717, 1.165) is 11.1 Å². The number of hydrogen-bond donors (Lipinski definition) is 0. The molecule has 0 radical (unpaired) electrons. The molecule has 2 aromatic heterocycles. The molecule has 3 heterocycles. The fraction of sp³-hybridized carbons (Fsp3) is 0.300. The molecule has 3 aromatic rings. The molecule has 1 aromatic carbocycles. The topological polar surface area (TPSA) is 92.9 Å². The highest BCUT2D eigenvalue weighted by Gasteiger charge is 2.21. The minimum atomic E-state index is -0.0285. The number of amides is 1. The number of hydrogen-bond acceptors (Lipinski definition) is 7. The molecule has 0 spiro atoms. The smallest absolute Gasteiger partial charge is 0.246 e. The van der Waals surface area contributed by atoms with Crippen LogP contribution in [0.1, 0.15) is 17.0 Å². The highest BCUT2D eigenvalue weighted by molar-refractivity contribution is 6.30. The number of benzene rings is 1. The van der Waals surface area contributed by atoms with Crippen molar-refractivity contribution < 1.29 is 4.79 Å². The molecule has 0 N–H and O–H groups in total. The van der Waals surface area contributed by atoms with Crippen molar-refractivity contribution in [1.82, 2.24) is 35.1 Å². The minimum Gasteiger partial charge on any atom is -0.337 e. The van der Waals surface area contributed by atoms with Gasteiger partial charge in [-0.2, -0.15) is 4.80 Å². The monoisotopic (exact) mass is 424 g/mol. The lowest BCUT2D eigenvalue weighted by Crippen LogP contribution is -2.48. The van der Waals surface area contributed by atoms with Gasteiger partial charge in [-0.3, -0.25) is 4.79 Å². The van der Waals surface area contributed by atoms with E-state index in [-0.39, 0.29) is 5.91 Å². The van der Waals surface area contributed by atoms with Crippen molar-refractivity contribution in [1.29, 1.82) is 0 Å². The lowest BCUT2D eigenvalue weighted by molar-refractivity contribution is -0.126. The fourth-order valence-corrected chi connectivity index (χ4v) is 3.46. The molecule has 1 saturated heterocycles. The number of aryl methyl sites for hydroxylation is 1. The fourth-order valence-electron chi connectivity index (χ4n) is 3.26. The van der Waals surface area contributed by atoms with Crippen molar-refractivity contribution in [3.63, 3.8) is 0 Å². The first-order valence-electron chi connectivity index (χ1n) is 9.60. The molecule has 0 saturated carbocycles. The number of anilines is 1. The summed E-state index contributed by atoms with van der Waals surface area (Å²) in [5.74, 6) is 1.27. The van der Waals surface area contributed by atoms with Crippen LogP contribution in [0.5, 0.6) is 0 Å². The number of carbonyl (C=O) groups is 1. The van der Waals surface area contributed by atoms with Gasteiger partial charge >= 0.3 is 0 Å². The van der Waals surface area contributed by atoms with Crippen LogP contribution in [0.4, 0.5) is 5.95 Å². The molecule has 0 aliphatic carbocycles. The molecule has 154 valence electrons. The van der Waals surface area contributed by atoms with Gasteiger partial charge in [-0.1, -0.05) is 17.7 Å². The second-order valence-corrected chi connectivity index (χ2v) is 7.34. The van der Waals surface area contributed by atoms with E-state index in [1.807, 2.05) is 23.1 Å². The van der Waals surface area contributed by atoms with Gasteiger partial charge in [0.05, 0.1) is 6.54 Å². The summed E-state index contributed by atoms with van der Waals surface area (Å²) in [6.45, 7) is 4.85. The number of aromatic nitrogens is 6. The van der Waals surface area contributed by atoms with Gasteiger partial charge in [0.25, 0.3) is 0 Å². The van der Waals surface area contributed by atoms with Crippen LogP contribution in [0, 0.1) is 6.92 Å². The summed E-state index contributed by atoms with van der Waals surface area (Å²) in [4.78, 5) is 26.6. The number of nitrogens with zero attached hydrogens (tertiary/aromatic N) is 8. The molecule has 0 atom stereocenters. The Bertz CT molecular complexity index is 1040. The van der Waals surface area contributed by atoms with Crippen molar-refractivity contribution in [3.8, 4) is 0 Å². The molecule has 9 nitrogen and oxygen atoms in total. The van der Waals surface area contributed by atoms with Crippen molar-refractivity contribution in [2.24, 2.45) is 0 Å². The third-order valence-corrected chi connectivity index (χ3v) is 5.04. The summed E-state index contributed by atoms with van der Waals surface area (Å²) in [6.07, 6.45) is 6.86. The average molecular weight is 425 g/mol. The quantitative estimate of drug-likeness (QED) is 0.577. The molecule has 1 fully saturated rings. The third-order valence-electron chi connectivity index (χ3n) is 4.80. The van der Waals surface area contributed by atoms with Gasteiger partial charge < -0.3 is 9.80 Å². The maximum atomic E-state index is 12.7. The summed E-state index contributed by atoms with van der Waals surface area (Å²) in [6, 6.07) is 7.33. The van der Waals surface area contributed by atoms with E-state index >= 15 is 0 Å². The van der Waals surface area contributed by atoms with E-state index in [1.54, 1.807) is 37.5 Å². The van der Waals surface area contributed by atoms with Crippen LogP contribution >= 0.6 is 11.6 Å². The van der Waals surface area contributed by atoms with Crippen LogP contribution in [0.2, 0.25) is 5.02 Å². The zero-order valence-electron chi connectivity index (χ0n) is 16.5. The highest BCUT2D eigenvalue weighted by Crippen LogP contribution is 2.19. The molecule has 30 heavy (non-hydrogen) atoms.